The van der Waals surface area contributed by atoms with Gasteiger partial charge >= 0.3 is 0 Å². The van der Waals surface area contributed by atoms with Crippen LogP contribution in [0.3, 0.4) is 0 Å². The van der Waals surface area contributed by atoms with Gasteiger partial charge in [-0.1, -0.05) is 49.1 Å². The van der Waals surface area contributed by atoms with E-state index in [1.165, 1.54) is 23.1 Å². The maximum absolute atomic E-state index is 13.3. The van der Waals surface area contributed by atoms with Crippen molar-refractivity contribution in [2.24, 2.45) is 5.92 Å². The maximum atomic E-state index is 13.3. The average Bonchev–Trinajstić information content (AvgIpc) is 3.25. The molecular formula is C23H29N5O3S2. The second kappa shape index (κ2) is 10.6. The molecular weight excluding hydrogens is 458 g/mol. The molecule has 1 aromatic carbocycles. The van der Waals surface area contributed by atoms with Crippen LogP contribution in [-0.4, -0.2) is 46.4 Å². The van der Waals surface area contributed by atoms with Crippen LogP contribution in [0.15, 0.2) is 34.2 Å². The summed E-state index contributed by atoms with van der Waals surface area (Å²) in [5, 5.41) is 4.25. The Hall–Kier alpha value is -2.59. The van der Waals surface area contributed by atoms with E-state index in [-0.39, 0.29) is 17.2 Å². The molecule has 1 aliphatic rings. The molecule has 1 N–H and O–H groups in total. The van der Waals surface area contributed by atoms with Gasteiger partial charge in [-0.05, 0) is 37.3 Å². The molecule has 0 aliphatic carbocycles. The number of methoxy groups -OCH3 is 1. The summed E-state index contributed by atoms with van der Waals surface area (Å²) in [6.45, 7) is 6.75. The van der Waals surface area contributed by atoms with E-state index < -0.39 is 0 Å². The summed E-state index contributed by atoms with van der Waals surface area (Å²) in [7, 11) is 1.56. The Morgan fingerprint density at radius 2 is 2.03 bits per heavy atom. The van der Waals surface area contributed by atoms with Crippen LogP contribution in [0.2, 0.25) is 0 Å². The van der Waals surface area contributed by atoms with Gasteiger partial charge in [0.15, 0.2) is 15.9 Å². The highest BCUT2D eigenvalue weighted by atomic mass is 32.2. The number of thiazole rings is 1. The van der Waals surface area contributed by atoms with Crippen LogP contribution < -0.4 is 20.5 Å². The van der Waals surface area contributed by atoms with Gasteiger partial charge in [0, 0.05) is 19.6 Å². The first-order valence-corrected chi connectivity index (χ1v) is 13.0. The monoisotopic (exact) mass is 487 g/mol. The highest BCUT2D eigenvalue weighted by Crippen LogP contribution is 2.30. The van der Waals surface area contributed by atoms with E-state index in [0.717, 1.165) is 43.4 Å². The number of carbonyl (C=O) groups is 1. The van der Waals surface area contributed by atoms with Crippen molar-refractivity contribution < 1.29 is 9.53 Å². The lowest BCUT2D eigenvalue weighted by Gasteiger charge is -2.29. The lowest BCUT2D eigenvalue weighted by Crippen LogP contribution is -2.32. The van der Waals surface area contributed by atoms with Crippen molar-refractivity contribution in [2.45, 2.75) is 44.8 Å². The third-order valence-corrected chi connectivity index (χ3v) is 7.75. The molecule has 10 heteroatoms. The van der Waals surface area contributed by atoms with Gasteiger partial charge in [-0.15, -0.1) is 0 Å². The number of benzene rings is 1. The normalized spacial score (nSPS) is 14.6. The number of thioether (sulfide) groups is 1. The van der Waals surface area contributed by atoms with Crippen molar-refractivity contribution in [3.05, 3.63) is 34.6 Å². The summed E-state index contributed by atoms with van der Waals surface area (Å²) in [4.78, 5) is 37.5. The first-order chi connectivity index (χ1) is 16.0. The van der Waals surface area contributed by atoms with E-state index >= 15 is 0 Å². The molecule has 0 unspecified atom stereocenters. The molecule has 4 rings (SSSR count). The standard InChI is InChI=1S/C23H29N5O3S2/c1-4-11-28-21(30)19-20(25-22(33-19)27-12-9-15(2)10-13-27)26-23(28)32-14-18(29)24-16-7-5-6-8-17(16)31-3/h5-8,15H,4,9-14H2,1-3H3,(H,24,29). The van der Waals surface area contributed by atoms with E-state index in [1.54, 1.807) is 23.8 Å². The Morgan fingerprint density at radius 3 is 2.76 bits per heavy atom. The Bertz CT molecular complexity index is 1180. The number of rotatable bonds is 8. The fourth-order valence-electron chi connectivity index (χ4n) is 3.81. The van der Waals surface area contributed by atoms with Crippen molar-refractivity contribution in [1.29, 1.82) is 0 Å². The predicted octanol–water partition coefficient (Wildman–Crippen LogP) is 4.24. The van der Waals surface area contributed by atoms with Crippen LogP contribution in [0.1, 0.15) is 33.1 Å². The Labute approximate surface area is 201 Å². The second-order valence-electron chi connectivity index (χ2n) is 8.21. The highest BCUT2D eigenvalue weighted by molar-refractivity contribution is 7.99. The van der Waals surface area contributed by atoms with Crippen LogP contribution in [-0.2, 0) is 11.3 Å². The van der Waals surface area contributed by atoms with Crippen molar-refractivity contribution in [2.75, 3.05) is 36.2 Å². The van der Waals surface area contributed by atoms with E-state index in [2.05, 4.69) is 17.1 Å². The number of hydrogen-bond donors (Lipinski definition) is 1. The molecule has 3 aromatic rings. The fraction of sp³-hybridized carbons (Fsp3) is 0.478. The molecule has 1 amide bonds. The molecule has 0 radical (unpaired) electrons. The van der Waals surface area contributed by atoms with E-state index in [9.17, 15) is 9.59 Å². The Balaban J connectivity index is 1.55. The number of amides is 1. The minimum atomic E-state index is -0.191. The number of anilines is 2. The number of hydrogen-bond acceptors (Lipinski definition) is 8. The number of nitrogens with one attached hydrogen (secondary N) is 1. The quantitative estimate of drug-likeness (QED) is 0.375. The zero-order valence-corrected chi connectivity index (χ0v) is 20.8. The maximum Gasteiger partial charge on any atom is 0.273 e. The number of nitrogens with zero attached hydrogens (tertiary/aromatic N) is 4. The third kappa shape index (κ3) is 5.33. The molecule has 1 saturated heterocycles. The fourth-order valence-corrected chi connectivity index (χ4v) is 5.63. The third-order valence-electron chi connectivity index (χ3n) is 5.68. The summed E-state index contributed by atoms with van der Waals surface area (Å²) >= 11 is 2.68. The molecule has 0 atom stereocenters. The van der Waals surface area contributed by atoms with Crippen LogP contribution >= 0.6 is 23.1 Å². The van der Waals surface area contributed by atoms with Gasteiger partial charge in [0.25, 0.3) is 5.56 Å². The van der Waals surface area contributed by atoms with Gasteiger partial charge in [-0.3, -0.25) is 14.2 Å². The first kappa shape index (κ1) is 23.6. The topological polar surface area (TPSA) is 89.3 Å². The SMILES string of the molecule is CCCn1c(SCC(=O)Nc2ccccc2OC)nc2nc(N3CCC(C)CC3)sc2c1=O. The molecule has 0 spiro atoms. The van der Waals surface area contributed by atoms with Gasteiger partial charge in [0.05, 0.1) is 18.6 Å². The second-order valence-corrected chi connectivity index (χ2v) is 10.1. The number of piperidine rings is 1. The zero-order valence-electron chi connectivity index (χ0n) is 19.2. The molecule has 33 heavy (non-hydrogen) atoms. The van der Waals surface area contributed by atoms with Crippen LogP contribution in [0.5, 0.6) is 5.75 Å². The smallest absolute Gasteiger partial charge is 0.273 e. The molecule has 0 saturated carbocycles. The molecule has 2 aromatic heterocycles. The Kier molecular flexibility index (Phi) is 7.54. The molecule has 8 nitrogen and oxygen atoms in total. The number of ether oxygens (including phenoxy) is 1. The van der Waals surface area contributed by atoms with Crippen molar-refractivity contribution >= 4 is 50.2 Å². The summed E-state index contributed by atoms with van der Waals surface area (Å²) in [6, 6.07) is 7.26. The summed E-state index contributed by atoms with van der Waals surface area (Å²) < 4.78 is 7.55. The Morgan fingerprint density at radius 1 is 1.27 bits per heavy atom. The number of aromatic nitrogens is 3. The first-order valence-electron chi connectivity index (χ1n) is 11.2. The van der Waals surface area contributed by atoms with Gasteiger partial charge in [-0.25, -0.2) is 4.98 Å². The minimum Gasteiger partial charge on any atom is -0.495 e. The van der Waals surface area contributed by atoms with Crippen molar-refractivity contribution in [3.8, 4) is 5.75 Å². The van der Waals surface area contributed by atoms with Gasteiger partial charge < -0.3 is 15.0 Å². The van der Waals surface area contributed by atoms with Crippen LogP contribution in [0.25, 0.3) is 10.3 Å². The van der Waals surface area contributed by atoms with E-state index in [1.807, 2.05) is 19.1 Å². The largest absolute Gasteiger partial charge is 0.495 e. The lowest BCUT2D eigenvalue weighted by molar-refractivity contribution is -0.113. The number of fused-ring (bicyclic) bond motifs is 1. The molecule has 0 bridgehead atoms. The zero-order chi connectivity index (χ0) is 23.4. The minimum absolute atomic E-state index is 0.0800. The van der Waals surface area contributed by atoms with Crippen molar-refractivity contribution in [3.63, 3.8) is 0 Å². The number of carbonyl (C=O) groups excluding carboxylic acids is 1. The summed E-state index contributed by atoms with van der Waals surface area (Å²) in [5.74, 6) is 1.25. The van der Waals surface area contributed by atoms with E-state index in [4.69, 9.17) is 14.7 Å². The van der Waals surface area contributed by atoms with Crippen LogP contribution in [0, 0.1) is 5.92 Å². The molecule has 176 valence electrons. The van der Waals surface area contributed by atoms with Crippen molar-refractivity contribution in [1.82, 2.24) is 14.5 Å². The molecule has 3 heterocycles. The van der Waals surface area contributed by atoms with Gasteiger partial charge in [-0.2, -0.15) is 4.98 Å². The lowest BCUT2D eigenvalue weighted by atomic mass is 10.00. The number of para-hydroxylation sites is 2. The highest BCUT2D eigenvalue weighted by Gasteiger charge is 2.22. The van der Waals surface area contributed by atoms with Crippen LogP contribution in [0.4, 0.5) is 10.8 Å². The average molecular weight is 488 g/mol. The summed E-state index contributed by atoms with van der Waals surface area (Å²) in [5.41, 5.74) is 1.00. The summed E-state index contributed by atoms with van der Waals surface area (Å²) in [6.07, 6.45) is 3.06. The predicted molar refractivity (Wildman–Crippen MR) is 135 cm³/mol. The van der Waals surface area contributed by atoms with Gasteiger partial charge in [0.2, 0.25) is 5.91 Å². The van der Waals surface area contributed by atoms with E-state index in [0.29, 0.717) is 33.5 Å². The molecule has 1 aliphatic heterocycles. The molecule has 1 fully saturated rings. The van der Waals surface area contributed by atoms with Gasteiger partial charge in [0.1, 0.15) is 10.4 Å².